The summed E-state index contributed by atoms with van der Waals surface area (Å²) in [6.45, 7) is 0. The van der Waals surface area contributed by atoms with E-state index in [0.717, 1.165) is 21.9 Å². The Morgan fingerprint density at radius 3 is 3.12 bits per heavy atom. The zero-order valence-corrected chi connectivity index (χ0v) is 9.18. The third-order valence-electron chi connectivity index (χ3n) is 2.74. The largest absolute Gasteiger partial charge is 0.452 e. The Labute approximate surface area is 96.7 Å². The zero-order valence-electron chi connectivity index (χ0n) is 9.18. The van der Waals surface area contributed by atoms with Gasteiger partial charge >= 0.3 is 6.09 Å². The summed E-state index contributed by atoms with van der Waals surface area (Å²) in [5, 5.41) is 0.938. The van der Waals surface area contributed by atoms with Gasteiger partial charge in [-0.25, -0.2) is 9.78 Å². The lowest BCUT2D eigenvalue weighted by Crippen LogP contribution is -2.12. The molecule has 2 aromatic heterocycles. The van der Waals surface area contributed by atoms with Crippen molar-refractivity contribution in [2.75, 3.05) is 7.11 Å². The molecule has 17 heavy (non-hydrogen) atoms. The summed E-state index contributed by atoms with van der Waals surface area (Å²) < 4.78 is 6.20. The Hall–Kier alpha value is -2.43. The zero-order chi connectivity index (χ0) is 11.8. The minimum absolute atomic E-state index is 0.408. The van der Waals surface area contributed by atoms with Crippen LogP contribution >= 0.6 is 0 Å². The van der Waals surface area contributed by atoms with E-state index in [4.69, 9.17) is 4.74 Å². The number of H-pyrrole nitrogens is 1. The molecule has 0 saturated heterocycles. The van der Waals surface area contributed by atoms with E-state index < -0.39 is 6.09 Å². The maximum Gasteiger partial charge on any atom is 0.418 e. The summed E-state index contributed by atoms with van der Waals surface area (Å²) in [4.78, 5) is 18.9. The van der Waals surface area contributed by atoms with Crippen LogP contribution < -0.4 is 4.98 Å². The Balaban J connectivity index is 2.43. The predicted molar refractivity (Wildman–Crippen MR) is 61.6 cm³/mol. The average Bonchev–Trinajstić information content (AvgIpc) is 2.85. The lowest BCUT2D eigenvalue weighted by atomic mass is 10.2. The third kappa shape index (κ3) is 1.36. The number of carbonyl (C=O) groups is 1. The van der Waals surface area contributed by atoms with Gasteiger partial charge in [0.15, 0.2) is 5.52 Å². The molecule has 0 spiro atoms. The number of benzene rings is 1. The van der Waals surface area contributed by atoms with Gasteiger partial charge in [0.1, 0.15) is 0 Å². The number of methoxy groups -OCH3 is 1. The quantitative estimate of drug-likeness (QED) is 0.587. The summed E-state index contributed by atoms with van der Waals surface area (Å²) in [7, 11) is 1.36. The van der Waals surface area contributed by atoms with Crippen molar-refractivity contribution in [3.05, 3.63) is 36.8 Å². The van der Waals surface area contributed by atoms with Gasteiger partial charge in [-0.15, -0.1) is 0 Å². The van der Waals surface area contributed by atoms with Gasteiger partial charge in [-0.3, -0.25) is 4.57 Å². The maximum absolute atomic E-state index is 11.6. The monoisotopic (exact) mass is 228 g/mol. The van der Waals surface area contributed by atoms with Crippen molar-refractivity contribution in [2.45, 2.75) is 0 Å². The molecule has 0 aliphatic rings. The highest BCUT2D eigenvalue weighted by molar-refractivity contribution is 6.02. The van der Waals surface area contributed by atoms with Crippen LogP contribution in [0.5, 0.6) is 0 Å². The SMILES string of the molecule is COC(=O)n1cccc2c3[nH+]cnc3ccc21. The van der Waals surface area contributed by atoms with Crippen molar-refractivity contribution in [3.63, 3.8) is 0 Å². The van der Waals surface area contributed by atoms with E-state index in [9.17, 15) is 4.79 Å². The summed E-state index contributed by atoms with van der Waals surface area (Å²) in [5.74, 6) is 0. The van der Waals surface area contributed by atoms with Gasteiger partial charge in [-0.2, -0.15) is 0 Å². The second-order valence-corrected chi connectivity index (χ2v) is 3.64. The number of rotatable bonds is 0. The molecule has 0 aliphatic heterocycles. The molecule has 1 aromatic carbocycles. The van der Waals surface area contributed by atoms with Crippen molar-refractivity contribution in [1.82, 2.24) is 9.55 Å². The van der Waals surface area contributed by atoms with Crippen LogP contribution in [0.4, 0.5) is 4.79 Å². The number of nitrogens with one attached hydrogen (secondary N) is 1. The summed E-state index contributed by atoms with van der Waals surface area (Å²) in [6, 6.07) is 7.47. The second kappa shape index (κ2) is 3.55. The normalized spacial score (nSPS) is 10.9. The van der Waals surface area contributed by atoms with Crippen molar-refractivity contribution >= 4 is 28.0 Å². The number of hydrogen-bond donors (Lipinski definition) is 0. The van der Waals surface area contributed by atoms with Crippen LogP contribution in [0.2, 0.25) is 0 Å². The lowest BCUT2D eigenvalue weighted by molar-refractivity contribution is -0.343. The Kier molecular flexibility index (Phi) is 2.04. The molecule has 5 nitrogen and oxygen atoms in total. The Morgan fingerprint density at radius 2 is 2.29 bits per heavy atom. The van der Waals surface area contributed by atoms with Gasteiger partial charge in [-0.1, -0.05) is 0 Å². The molecule has 0 radical (unpaired) electrons. The van der Waals surface area contributed by atoms with E-state index in [-0.39, 0.29) is 0 Å². The number of hydrogen-bond acceptors (Lipinski definition) is 3. The van der Waals surface area contributed by atoms with Gasteiger partial charge in [0.05, 0.1) is 18.0 Å². The number of carbonyl (C=O) groups excluding carboxylic acids is 1. The molecule has 0 bridgehead atoms. The van der Waals surface area contributed by atoms with Crippen LogP contribution in [0.3, 0.4) is 0 Å². The van der Waals surface area contributed by atoms with Crippen LogP contribution in [0.25, 0.3) is 21.9 Å². The fourth-order valence-corrected chi connectivity index (χ4v) is 1.96. The fourth-order valence-electron chi connectivity index (χ4n) is 1.96. The van der Waals surface area contributed by atoms with E-state index >= 15 is 0 Å². The molecular formula is C12H10N3O2+. The first-order chi connectivity index (χ1) is 8.31. The molecule has 2 heterocycles. The van der Waals surface area contributed by atoms with Gasteiger partial charge in [0, 0.05) is 6.20 Å². The highest BCUT2D eigenvalue weighted by atomic mass is 16.5. The van der Waals surface area contributed by atoms with Crippen molar-refractivity contribution in [3.8, 4) is 0 Å². The van der Waals surface area contributed by atoms with Crippen LogP contribution in [-0.4, -0.2) is 22.8 Å². The van der Waals surface area contributed by atoms with E-state index in [2.05, 4.69) is 9.97 Å². The molecular weight excluding hydrogens is 218 g/mol. The Bertz CT molecular complexity index is 718. The molecule has 3 rings (SSSR count). The minimum Gasteiger partial charge on any atom is -0.452 e. The standard InChI is InChI=1S/C12H9N3O2/c1-17-12(16)15-6-2-3-8-10(15)5-4-9-11(8)14-7-13-9/h2-7H,1H3/p+1. The van der Waals surface area contributed by atoms with Crippen LogP contribution in [0.15, 0.2) is 36.8 Å². The third-order valence-corrected chi connectivity index (χ3v) is 2.74. The number of imidazole rings is 1. The molecule has 0 aliphatic carbocycles. The van der Waals surface area contributed by atoms with E-state index in [0.29, 0.717) is 0 Å². The lowest BCUT2D eigenvalue weighted by Gasteiger charge is -2.07. The van der Waals surface area contributed by atoms with Gasteiger partial charge in [0.25, 0.3) is 6.33 Å². The minimum atomic E-state index is -0.408. The maximum atomic E-state index is 11.6. The predicted octanol–water partition coefficient (Wildman–Crippen LogP) is 1.62. The van der Waals surface area contributed by atoms with E-state index in [1.54, 1.807) is 18.6 Å². The average molecular weight is 228 g/mol. The number of aromatic nitrogens is 3. The van der Waals surface area contributed by atoms with Crippen molar-refractivity contribution in [2.24, 2.45) is 0 Å². The molecule has 0 saturated carbocycles. The molecule has 5 heteroatoms. The number of aromatic amines is 1. The van der Waals surface area contributed by atoms with Gasteiger partial charge in [-0.05, 0) is 29.2 Å². The van der Waals surface area contributed by atoms with E-state index in [1.807, 2.05) is 18.2 Å². The summed E-state index contributed by atoms with van der Waals surface area (Å²) in [6.07, 6.45) is 2.91. The molecule has 0 fully saturated rings. The van der Waals surface area contributed by atoms with Crippen LogP contribution in [0, 0.1) is 0 Å². The number of ether oxygens (including phenoxy) is 1. The van der Waals surface area contributed by atoms with Gasteiger partial charge in [0.2, 0.25) is 5.52 Å². The molecule has 0 amide bonds. The van der Waals surface area contributed by atoms with Crippen molar-refractivity contribution < 1.29 is 14.5 Å². The first kappa shape index (κ1) is 9.77. The number of pyridine rings is 1. The highest BCUT2D eigenvalue weighted by Gasteiger charge is 2.13. The van der Waals surface area contributed by atoms with Crippen molar-refractivity contribution in [1.29, 1.82) is 0 Å². The fraction of sp³-hybridized carbons (Fsp3) is 0.0833. The number of nitrogens with zero attached hydrogens (tertiary/aromatic N) is 2. The van der Waals surface area contributed by atoms with Crippen LogP contribution in [0.1, 0.15) is 0 Å². The summed E-state index contributed by atoms with van der Waals surface area (Å²) in [5.41, 5.74) is 2.58. The van der Waals surface area contributed by atoms with Gasteiger partial charge < -0.3 is 4.74 Å². The molecule has 84 valence electrons. The Morgan fingerprint density at radius 1 is 1.41 bits per heavy atom. The second-order valence-electron chi connectivity index (χ2n) is 3.64. The van der Waals surface area contributed by atoms with Crippen LogP contribution in [-0.2, 0) is 4.74 Å². The number of fused-ring (bicyclic) bond motifs is 3. The summed E-state index contributed by atoms with van der Waals surface area (Å²) >= 11 is 0. The molecule has 3 aromatic rings. The topological polar surface area (TPSA) is 58.3 Å². The van der Waals surface area contributed by atoms with E-state index in [1.165, 1.54) is 11.7 Å². The molecule has 0 unspecified atom stereocenters. The molecule has 1 N–H and O–H groups in total. The smallest absolute Gasteiger partial charge is 0.418 e. The molecule has 0 atom stereocenters. The first-order valence-corrected chi connectivity index (χ1v) is 5.16. The first-order valence-electron chi connectivity index (χ1n) is 5.16. The highest BCUT2D eigenvalue weighted by Crippen LogP contribution is 2.20.